The van der Waals surface area contributed by atoms with Crippen LogP contribution in [0.25, 0.3) is 0 Å². The van der Waals surface area contributed by atoms with Crippen molar-refractivity contribution in [3.05, 3.63) is 34.9 Å². The van der Waals surface area contributed by atoms with E-state index < -0.39 is 45.6 Å². The quantitative estimate of drug-likeness (QED) is 0.258. The molecule has 3 aliphatic heterocycles. The number of nitrogens with one attached hydrogen (secondary N) is 1. The molecule has 36 heavy (non-hydrogen) atoms. The maximum atomic E-state index is 12.8. The normalized spacial score (nSPS) is 21.2. The van der Waals surface area contributed by atoms with Crippen molar-refractivity contribution in [3.8, 4) is 6.07 Å². The number of amides is 2. The van der Waals surface area contributed by atoms with Gasteiger partial charge in [0.15, 0.2) is 17.5 Å². The van der Waals surface area contributed by atoms with Gasteiger partial charge in [0.1, 0.15) is 5.82 Å². The molecule has 0 spiro atoms. The molecule has 9 nitrogen and oxygen atoms in total. The smallest absolute Gasteiger partial charge is 0.282 e. The number of nitrogens with zero attached hydrogens (tertiary/aromatic N) is 4. The van der Waals surface area contributed by atoms with Crippen molar-refractivity contribution in [1.82, 2.24) is 18.8 Å². The largest absolute Gasteiger partial charge is 0.354 e. The highest BCUT2D eigenvalue weighted by Crippen LogP contribution is 2.27. The molecule has 0 aliphatic carbocycles. The molecule has 1 aromatic rings. The van der Waals surface area contributed by atoms with Crippen molar-refractivity contribution in [1.29, 1.82) is 5.26 Å². The number of benzene rings is 1. The molecule has 3 aliphatic rings. The van der Waals surface area contributed by atoms with Crippen LogP contribution in [0.5, 0.6) is 0 Å². The molecule has 14 heteroatoms. The second-order valence-corrected chi connectivity index (χ2v) is 10.8. The zero-order valence-corrected chi connectivity index (χ0v) is 20.2. The standard InChI is InChI=1S/C14H22N4O3S.C8H5F4NO.H2/c15-8-12-9-18(10-12)22(20,21)17-7-3-4-13(11-17)14(19)16-5-1-2-6-16;9-5-1-6(10)8(12)7(11)4(5)2-13-3-14;/h12-13H,1-7,9-11H2;1,3H,2H2,(H,13,14);1H/t13-;;/m0../s1. The average molecular weight is 536 g/mol. The van der Waals surface area contributed by atoms with Crippen molar-refractivity contribution in [3.63, 3.8) is 0 Å². The molecule has 1 aromatic carbocycles. The number of carbonyl (C=O) groups is 2. The van der Waals surface area contributed by atoms with Gasteiger partial charge in [-0.2, -0.15) is 22.3 Å². The van der Waals surface area contributed by atoms with E-state index in [1.807, 2.05) is 10.2 Å². The van der Waals surface area contributed by atoms with Crippen molar-refractivity contribution in [2.24, 2.45) is 11.8 Å². The number of rotatable bonds is 6. The van der Waals surface area contributed by atoms with Gasteiger partial charge in [0.2, 0.25) is 12.3 Å². The van der Waals surface area contributed by atoms with E-state index in [1.54, 1.807) is 0 Å². The van der Waals surface area contributed by atoms with Crippen LogP contribution >= 0.6 is 0 Å². The molecule has 4 rings (SSSR count). The van der Waals surface area contributed by atoms with Gasteiger partial charge in [-0.3, -0.25) is 9.59 Å². The fourth-order valence-electron chi connectivity index (χ4n) is 4.33. The first-order chi connectivity index (χ1) is 17.1. The van der Waals surface area contributed by atoms with E-state index in [9.17, 15) is 35.6 Å². The summed E-state index contributed by atoms with van der Waals surface area (Å²) in [5.74, 6) is -6.52. The summed E-state index contributed by atoms with van der Waals surface area (Å²) in [6.07, 6.45) is 3.77. The Morgan fingerprint density at radius 2 is 1.72 bits per heavy atom. The highest BCUT2D eigenvalue weighted by atomic mass is 32.2. The first-order valence-electron chi connectivity index (χ1n) is 11.5. The number of hydrogen-bond donors (Lipinski definition) is 1. The van der Waals surface area contributed by atoms with Crippen LogP contribution in [-0.4, -0.2) is 73.5 Å². The highest BCUT2D eigenvalue weighted by molar-refractivity contribution is 7.86. The van der Waals surface area contributed by atoms with E-state index in [4.69, 9.17) is 5.26 Å². The Morgan fingerprint density at radius 3 is 2.33 bits per heavy atom. The number of halogens is 4. The topological polar surface area (TPSA) is 114 Å². The van der Waals surface area contributed by atoms with Gasteiger partial charge in [-0.1, -0.05) is 0 Å². The third-order valence-electron chi connectivity index (χ3n) is 6.41. The summed E-state index contributed by atoms with van der Waals surface area (Å²) in [6, 6.07) is 2.31. The summed E-state index contributed by atoms with van der Waals surface area (Å²) in [5, 5.41) is 10.7. The fraction of sp³-hybridized carbons (Fsp3) is 0.591. The Bertz CT molecular complexity index is 1130. The average Bonchev–Trinajstić information content (AvgIpc) is 3.37. The van der Waals surface area contributed by atoms with E-state index in [1.165, 1.54) is 8.61 Å². The minimum atomic E-state index is -3.51. The molecule has 0 radical (unpaired) electrons. The summed E-state index contributed by atoms with van der Waals surface area (Å²) >= 11 is 0. The third kappa shape index (κ3) is 6.13. The molecule has 1 atom stereocenters. The molecular formula is C22H29F4N5O4S. The molecule has 3 fully saturated rings. The summed E-state index contributed by atoms with van der Waals surface area (Å²) in [5.41, 5.74) is -0.712. The Hall–Kier alpha value is -2.76. The number of piperidine rings is 1. The predicted molar refractivity (Wildman–Crippen MR) is 121 cm³/mol. The van der Waals surface area contributed by atoms with Gasteiger partial charge in [0.05, 0.1) is 17.9 Å². The molecule has 0 bridgehead atoms. The van der Waals surface area contributed by atoms with Crippen LogP contribution in [0.3, 0.4) is 0 Å². The van der Waals surface area contributed by atoms with Gasteiger partial charge in [-0.25, -0.2) is 17.6 Å². The molecule has 0 aromatic heterocycles. The number of hydrogen-bond acceptors (Lipinski definition) is 5. The van der Waals surface area contributed by atoms with Crippen LogP contribution in [0.4, 0.5) is 17.6 Å². The van der Waals surface area contributed by atoms with E-state index in [2.05, 4.69) is 6.07 Å². The number of nitriles is 1. The van der Waals surface area contributed by atoms with Gasteiger partial charge >= 0.3 is 0 Å². The minimum Gasteiger partial charge on any atom is -0.354 e. The Morgan fingerprint density at radius 1 is 1.06 bits per heavy atom. The highest BCUT2D eigenvalue weighted by Gasteiger charge is 2.42. The van der Waals surface area contributed by atoms with Gasteiger partial charge in [0, 0.05) is 58.9 Å². The second-order valence-electron chi connectivity index (χ2n) is 8.83. The predicted octanol–water partition coefficient (Wildman–Crippen LogP) is 1.76. The summed E-state index contributed by atoms with van der Waals surface area (Å²) in [7, 11) is -3.51. The lowest BCUT2D eigenvalue weighted by Gasteiger charge is -2.40. The summed E-state index contributed by atoms with van der Waals surface area (Å²) in [6.45, 7) is 2.39. The maximum Gasteiger partial charge on any atom is 0.282 e. The fourth-order valence-corrected chi connectivity index (χ4v) is 6.12. The second kappa shape index (κ2) is 12.0. The number of carbonyl (C=O) groups excluding carboxylic acids is 2. The lowest BCUT2D eigenvalue weighted by Crippen LogP contribution is -2.57. The molecule has 3 heterocycles. The molecule has 3 saturated heterocycles. The van der Waals surface area contributed by atoms with Crippen LogP contribution in [-0.2, 0) is 26.3 Å². The van der Waals surface area contributed by atoms with E-state index in [-0.39, 0.29) is 51.3 Å². The zero-order valence-electron chi connectivity index (χ0n) is 19.4. The molecule has 0 unspecified atom stereocenters. The van der Waals surface area contributed by atoms with E-state index in [0.717, 1.165) is 38.8 Å². The molecular weight excluding hydrogens is 506 g/mol. The third-order valence-corrected chi connectivity index (χ3v) is 8.34. The molecule has 2 amide bonds. The molecule has 200 valence electrons. The first-order valence-corrected chi connectivity index (χ1v) is 12.9. The lowest BCUT2D eigenvalue weighted by molar-refractivity contribution is -0.135. The van der Waals surface area contributed by atoms with Crippen LogP contribution in [0, 0.1) is 46.4 Å². The zero-order chi connectivity index (χ0) is 26.5. The van der Waals surface area contributed by atoms with Crippen LogP contribution < -0.4 is 5.32 Å². The summed E-state index contributed by atoms with van der Waals surface area (Å²) in [4.78, 5) is 24.2. The SMILES string of the molecule is N#CC1CN(S(=O)(=O)N2CCC[C@H](C(=O)N3CCCC3)C2)C1.O=CNCc1c(F)cc(F)c(F)c1F.[HH]. The Kier molecular flexibility index (Phi) is 9.26. The van der Waals surface area contributed by atoms with Crippen molar-refractivity contribution >= 4 is 22.5 Å². The minimum absolute atomic E-state index is 0. The summed E-state index contributed by atoms with van der Waals surface area (Å²) < 4.78 is 78.5. The first kappa shape index (κ1) is 27.8. The van der Waals surface area contributed by atoms with E-state index >= 15 is 0 Å². The Balaban J connectivity index is 0.000000280. The lowest BCUT2D eigenvalue weighted by atomic mass is 9.98. The molecule has 1 N–H and O–H groups in total. The van der Waals surface area contributed by atoms with Crippen molar-refractivity contribution in [2.75, 3.05) is 39.3 Å². The van der Waals surface area contributed by atoms with Gasteiger partial charge in [-0.15, -0.1) is 0 Å². The monoisotopic (exact) mass is 535 g/mol. The Labute approximate surface area is 208 Å². The van der Waals surface area contributed by atoms with Gasteiger partial charge in [0.25, 0.3) is 10.2 Å². The number of likely N-dealkylation sites (tertiary alicyclic amines) is 1. The van der Waals surface area contributed by atoms with E-state index in [0.29, 0.717) is 6.54 Å². The van der Waals surface area contributed by atoms with Gasteiger partial charge in [-0.05, 0) is 25.7 Å². The van der Waals surface area contributed by atoms with Crippen LogP contribution in [0.15, 0.2) is 6.07 Å². The van der Waals surface area contributed by atoms with Gasteiger partial charge < -0.3 is 10.2 Å². The maximum absolute atomic E-state index is 12.8. The van der Waals surface area contributed by atoms with Crippen molar-refractivity contribution in [2.45, 2.75) is 32.2 Å². The van der Waals surface area contributed by atoms with Crippen molar-refractivity contribution < 1.29 is 37.0 Å². The van der Waals surface area contributed by atoms with Crippen LogP contribution in [0.1, 0.15) is 32.7 Å². The van der Waals surface area contributed by atoms with Crippen LogP contribution in [0.2, 0.25) is 0 Å². The molecule has 0 saturated carbocycles.